The molecular weight excluding hydrogens is 474 g/mol. The minimum Gasteiger partial charge on any atom is -0.384 e. The molecule has 31 heavy (non-hydrogen) atoms. The van der Waals surface area contributed by atoms with Gasteiger partial charge < -0.3 is 5.73 Å². The van der Waals surface area contributed by atoms with Gasteiger partial charge in [-0.05, 0) is 36.4 Å². The lowest BCUT2D eigenvalue weighted by Crippen LogP contribution is -2.08. The molecule has 0 atom stereocenters. The number of hydrogen-bond acceptors (Lipinski definition) is 4. The van der Waals surface area contributed by atoms with Gasteiger partial charge in [0.1, 0.15) is 18.0 Å². The molecule has 0 fully saturated rings. The van der Waals surface area contributed by atoms with E-state index in [4.69, 9.17) is 17.3 Å². The highest BCUT2D eigenvalue weighted by molar-refractivity contribution is 6.30. The number of halogens is 6. The summed E-state index contributed by atoms with van der Waals surface area (Å²) < 4.78 is 41.8. The molecule has 4 aromatic rings. The van der Waals surface area contributed by atoms with Gasteiger partial charge in [0.15, 0.2) is 0 Å². The summed E-state index contributed by atoms with van der Waals surface area (Å²) in [5.74, 6) is 0.451. The van der Waals surface area contributed by atoms with Gasteiger partial charge in [-0.3, -0.25) is 4.57 Å². The normalized spacial score (nSPS) is 10.8. The summed E-state index contributed by atoms with van der Waals surface area (Å²) in [6.07, 6.45) is 0.00498. The molecule has 0 aliphatic carbocycles. The topological polar surface area (TPSA) is 69.6 Å². The van der Waals surface area contributed by atoms with Crippen LogP contribution >= 0.6 is 36.4 Å². The Morgan fingerprint density at radius 3 is 2.16 bits per heavy atom. The van der Waals surface area contributed by atoms with E-state index in [1.165, 1.54) is 10.9 Å². The fraction of sp³-hybridized carbons (Fsp3) is 0.0500. The van der Waals surface area contributed by atoms with Crippen molar-refractivity contribution >= 4 is 42.2 Å². The summed E-state index contributed by atoms with van der Waals surface area (Å²) in [7, 11) is 0. The van der Waals surface area contributed by atoms with Crippen LogP contribution in [0.5, 0.6) is 0 Å². The molecule has 5 nitrogen and oxygen atoms in total. The van der Waals surface area contributed by atoms with Gasteiger partial charge in [0.2, 0.25) is 0 Å². The fourth-order valence-electron chi connectivity index (χ4n) is 2.73. The van der Waals surface area contributed by atoms with Gasteiger partial charge in [-0.1, -0.05) is 23.7 Å². The Bertz CT molecular complexity index is 1160. The largest absolute Gasteiger partial charge is 0.416 e. The second-order valence-corrected chi connectivity index (χ2v) is 6.68. The molecule has 0 aliphatic heterocycles. The third-order valence-corrected chi connectivity index (χ3v) is 4.46. The van der Waals surface area contributed by atoms with Crippen LogP contribution in [0.25, 0.3) is 28.3 Å². The first kappa shape index (κ1) is 24.5. The van der Waals surface area contributed by atoms with E-state index in [1.54, 1.807) is 48.8 Å². The number of hydrogen-bond donors (Lipinski definition) is 1. The quantitative estimate of drug-likeness (QED) is 0.379. The summed E-state index contributed by atoms with van der Waals surface area (Å²) in [5.41, 5.74) is 6.68. The molecule has 162 valence electrons. The zero-order valence-electron chi connectivity index (χ0n) is 15.5. The minimum absolute atomic E-state index is 0. The lowest BCUT2D eigenvalue weighted by atomic mass is 10.1. The molecule has 0 saturated heterocycles. The van der Waals surface area contributed by atoms with Crippen molar-refractivity contribution in [2.45, 2.75) is 6.18 Å². The maximum atomic E-state index is 13.5. The molecule has 0 saturated carbocycles. The first-order valence-electron chi connectivity index (χ1n) is 8.41. The van der Waals surface area contributed by atoms with Gasteiger partial charge >= 0.3 is 6.18 Å². The van der Waals surface area contributed by atoms with Crippen molar-refractivity contribution in [2.75, 3.05) is 5.73 Å². The number of nitrogens with zero attached hydrogens (tertiary/aromatic N) is 4. The number of pyridine rings is 2. The van der Waals surface area contributed by atoms with E-state index in [-0.39, 0.29) is 36.3 Å². The lowest BCUT2D eigenvalue weighted by Gasteiger charge is -2.12. The Balaban J connectivity index is 0.00000171. The number of alkyl halides is 3. The third kappa shape index (κ3) is 5.46. The third-order valence-electron chi connectivity index (χ3n) is 4.21. The summed E-state index contributed by atoms with van der Waals surface area (Å²) in [5, 5.41) is 0.484. The van der Waals surface area contributed by atoms with Gasteiger partial charge in [0, 0.05) is 28.5 Å². The summed E-state index contributed by atoms with van der Waals surface area (Å²) in [6, 6.07) is 11.8. The molecule has 1 aromatic carbocycles. The number of nitrogens with two attached hydrogens (primary N) is 1. The van der Waals surface area contributed by atoms with Crippen LogP contribution in [-0.4, -0.2) is 19.5 Å². The molecule has 0 aliphatic rings. The maximum Gasteiger partial charge on any atom is 0.416 e. The van der Waals surface area contributed by atoms with Crippen molar-refractivity contribution in [3.8, 4) is 28.3 Å². The van der Waals surface area contributed by atoms with Crippen LogP contribution in [0.15, 0.2) is 67.3 Å². The van der Waals surface area contributed by atoms with Crippen LogP contribution in [0.2, 0.25) is 5.02 Å². The smallest absolute Gasteiger partial charge is 0.384 e. The van der Waals surface area contributed by atoms with Crippen LogP contribution in [0.3, 0.4) is 0 Å². The molecule has 0 unspecified atom stereocenters. The molecule has 4 rings (SSSR count). The first-order valence-corrected chi connectivity index (χ1v) is 8.79. The Morgan fingerprint density at radius 2 is 1.55 bits per heavy atom. The number of anilines is 1. The number of benzene rings is 1. The van der Waals surface area contributed by atoms with E-state index < -0.39 is 11.7 Å². The first-order chi connectivity index (χ1) is 13.8. The lowest BCUT2D eigenvalue weighted by molar-refractivity contribution is -0.137. The van der Waals surface area contributed by atoms with E-state index in [0.717, 1.165) is 12.1 Å². The van der Waals surface area contributed by atoms with Gasteiger partial charge in [0.05, 0.1) is 17.0 Å². The monoisotopic (exact) mass is 487 g/mol. The van der Waals surface area contributed by atoms with Crippen LogP contribution < -0.4 is 5.73 Å². The molecule has 0 spiro atoms. The van der Waals surface area contributed by atoms with Crippen LogP contribution in [0.4, 0.5) is 19.0 Å². The zero-order valence-corrected chi connectivity index (χ0v) is 17.9. The van der Waals surface area contributed by atoms with E-state index >= 15 is 0 Å². The van der Waals surface area contributed by atoms with Crippen molar-refractivity contribution in [1.29, 1.82) is 0 Å². The van der Waals surface area contributed by atoms with Crippen molar-refractivity contribution in [2.24, 2.45) is 0 Å². The number of aromatic nitrogens is 4. The Morgan fingerprint density at radius 1 is 0.871 bits per heavy atom. The van der Waals surface area contributed by atoms with E-state index in [1.807, 2.05) is 0 Å². The Hall–Kier alpha value is -2.81. The Kier molecular flexibility index (Phi) is 7.54. The zero-order chi connectivity index (χ0) is 20.6. The van der Waals surface area contributed by atoms with Crippen LogP contribution in [0, 0.1) is 0 Å². The molecular formula is C20H15Cl3F3N5. The summed E-state index contributed by atoms with van der Waals surface area (Å²) >= 11 is 5.88. The van der Waals surface area contributed by atoms with Crippen molar-refractivity contribution in [3.05, 3.63) is 77.8 Å². The SMILES string of the molecule is Cl.Cl.Nc1ccc(-c2cn(-c3cc(C(F)(F)F)cc(-c4ccc(Cl)cc4)n3)cn2)cn1. The van der Waals surface area contributed by atoms with Crippen molar-refractivity contribution in [3.63, 3.8) is 0 Å². The molecule has 3 heterocycles. The predicted octanol–water partition coefficient (Wildman–Crippen LogP) is 6.09. The van der Waals surface area contributed by atoms with E-state index in [9.17, 15) is 13.2 Å². The maximum absolute atomic E-state index is 13.5. The highest BCUT2D eigenvalue weighted by Crippen LogP contribution is 2.33. The molecule has 2 N–H and O–H groups in total. The average Bonchev–Trinajstić information content (AvgIpc) is 3.18. The molecule has 3 aromatic heterocycles. The van der Waals surface area contributed by atoms with Gasteiger partial charge in [0.25, 0.3) is 0 Å². The molecule has 11 heteroatoms. The predicted molar refractivity (Wildman–Crippen MR) is 119 cm³/mol. The molecule has 0 bridgehead atoms. The average molecular weight is 489 g/mol. The number of imidazole rings is 1. The van der Waals surface area contributed by atoms with Crippen LogP contribution in [0.1, 0.15) is 5.56 Å². The molecule has 0 amide bonds. The number of rotatable bonds is 3. The van der Waals surface area contributed by atoms with Crippen molar-refractivity contribution < 1.29 is 13.2 Å². The summed E-state index contributed by atoms with van der Waals surface area (Å²) in [6.45, 7) is 0. The van der Waals surface area contributed by atoms with Gasteiger partial charge in [-0.25, -0.2) is 15.0 Å². The van der Waals surface area contributed by atoms with Crippen LogP contribution in [-0.2, 0) is 6.18 Å². The fourth-order valence-corrected chi connectivity index (χ4v) is 2.86. The van der Waals surface area contributed by atoms with Gasteiger partial charge in [-0.2, -0.15) is 13.2 Å². The minimum atomic E-state index is -4.52. The highest BCUT2D eigenvalue weighted by Gasteiger charge is 2.32. The second-order valence-electron chi connectivity index (χ2n) is 6.24. The number of nitrogen functional groups attached to an aromatic ring is 1. The van der Waals surface area contributed by atoms with Gasteiger partial charge in [-0.15, -0.1) is 24.8 Å². The molecule has 0 radical (unpaired) electrons. The second kappa shape index (κ2) is 9.55. The highest BCUT2D eigenvalue weighted by atomic mass is 35.5. The van der Waals surface area contributed by atoms with E-state index in [2.05, 4.69) is 15.0 Å². The van der Waals surface area contributed by atoms with E-state index in [0.29, 0.717) is 27.7 Å². The summed E-state index contributed by atoms with van der Waals surface area (Å²) in [4.78, 5) is 12.6. The Labute approximate surface area is 192 Å². The van der Waals surface area contributed by atoms with Crippen molar-refractivity contribution in [1.82, 2.24) is 19.5 Å². The standard InChI is InChI=1S/C20H13ClF3N5.2ClH/c21-15-4-1-12(2-5-15)16-7-14(20(22,23)24)8-19(28-16)29-10-17(27-11-29)13-3-6-18(25)26-9-13;;/h1-11H,(H2,25,26);2*1H.